The van der Waals surface area contributed by atoms with Crippen molar-refractivity contribution in [3.05, 3.63) is 53.7 Å². The molecule has 1 amide bonds. The molecule has 1 aromatic carbocycles. The van der Waals surface area contributed by atoms with Crippen LogP contribution in [0.15, 0.2) is 42.6 Å². The summed E-state index contributed by atoms with van der Waals surface area (Å²) in [4.78, 5) is 17.0. The summed E-state index contributed by atoms with van der Waals surface area (Å²) in [7, 11) is 0. The van der Waals surface area contributed by atoms with Gasteiger partial charge in [0.15, 0.2) is 0 Å². The van der Waals surface area contributed by atoms with Crippen molar-refractivity contribution in [1.82, 2.24) is 9.38 Å². The second-order valence-corrected chi connectivity index (χ2v) is 6.20. The van der Waals surface area contributed by atoms with E-state index in [0.717, 1.165) is 33.8 Å². The molecule has 0 unspecified atom stereocenters. The Hall–Kier alpha value is -2.62. The molecule has 3 aromatic rings. The van der Waals surface area contributed by atoms with Crippen LogP contribution in [0.3, 0.4) is 0 Å². The maximum absolute atomic E-state index is 12.2. The number of fused-ring (bicyclic) bond motifs is 1. The van der Waals surface area contributed by atoms with Crippen LogP contribution in [0.25, 0.3) is 16.9 Å². The summed E-state index contributed by atoms with van der Waals surface area (Å²) in [5.74, 6) is 0.630. The average molecular weight is 307 g/mol. The number of nitrogens with zero attached hydrogens (tertiary/aromatic N) is 2. The van der Waals surface area contributed by atoms with Crippen molar-refractivity contribution in [2.45, 2.75) is 27.7 Å². The lowest BCUT2D eigenvalue weighted by Crippen LogP contribution is -2.19. The zero-order valence-corrected chi connectivity index (χ0v) is 13.9. The average Bonchev–Trinajstić information content (AvgIpc) is 2.85. The fraction of sp³-hybridized carbons (Fsp3) is 0.263. The number of aromatic nitrogens is 2. The van der Waals surface area contributed by atoms with E-state index in [9.17, 15) is 4.79 Å². The van der Waals surface area contributed by atoms with E-state index in [4.69, 9.17) is 4.98 Å². The largest absolute Gasteiger partial charge is 0.310 e. The van der Waals surface area contributed by atoms with Gasteiger partial charge in [-0.15, -0.1) is 0 Å². The first-order chi connectivity index (χ1) is 11.0. The van der Waals surface area contributed by atoms with Gasteiger partial charge in [0.25, 0.3) is 0 Å². The summed E-state index contributed by atoms with van der Waals surface area (Å²) in [5.41, 5.74) is 4.95. The molecule has 4 nitrogen and oxygen atoms in total. The van der Waals surface area contributed by atoms with Gasteiger partial charge in [-0.2, -0.15) is 0 Å². The third-order valence-corrected chi connectivity index (χ3v) is 3.95. The van der Waals surface area contributed by atoms with E-state index in [0.29, 0.717) is 0 Å². The number of pyridine rings is 1. The molecule has 0 aliphatic carbocycles. The fourth-order valence-electron chi connectivity index (χ4n) is 2.55. The maximum atomic E-state index is 12.2. The first-order valence-corrected chi connectivity index (χ1v) is 7.83. The Kier molecular flexibility index (Phi) is 3.90. The summed E-state index contributed by atoms with van der Waals surface area (Å²) in [6.45, 7) is 7.86. The lowest BCUT2D eigenvalue weighted by molar-refractivity contribution is -0.118. The molecule has 3 rings (SSSR count). The summed E-state index contributed by atoms with van der Waals surface area (Å²) in [6, 6.07) is 12.1. The summed E-state index contributed by atoms with van der Waals surface area (Å²) in [6.07, 6.45) is 1.95. The molecule has 118 valence electrons. The van der Waals surface area contributed by atoms with E-state index < -0.39 is 0 Å². The number of amides is 1. The highest BCUT2D eigenvalue weighted by atomic mass is 16.1. The predicted octanol–water partition coefficient (Wildman–Crippen LogP) is 4.21. The van der Waals surface area contributed by atoms with Crippen LogP contribution in [-0.4, -0.2) is 15.3 Å². The Morgan fingerprint density at radius 1 is 1.17 bits per heavy atom. The molecule has 0 aliphatic heterocycles. The van der Waals surface area contributed by atoms with Crippen LogP contribution in [0.5, 0.6) is 0 Å². The van der Waals surface area contributed by atoms with E-state index in [2.05, 4.69) is 18.3 Å². The Bertz CT molecular complexity index is 877. The van der Waals surface area contributed by atoms with Crippen LogP contribution in [0.1, 0.15) is 25.0 Å². The lowest BCUT2D eigenvalue weighted by atomic mass is 10.1. The molecule has 0 spiro atoms. The van der Waals surface area contributed by atoms with Crippen LogP contribution < -0.4 is 5.32 Å². The maximum Gasteiger partial charge on any atom is 0.228 e. The van der Waals surface area contributed by atoms with Crippen LogP contribution in [0.2, 0.25) is 0 Å². The van der Waals surface area contributed by atoms with E-state index >= 15 is 0 Å². The molecular formula is C19H21N3O. The topological polar surface area (TPSA) is 46.4 Å². The minimum Gasteiger partial charge on any atom is -0.310 e. The van der Waals surface area contributed by atoms with Gasteiger partial charge in [-0.1, -0.05) is 38.1 Å². The summed E-state index contributed by atoms with van der Waals surface area (Å²) in [5, 5.41) is 3.04. The second kappa shape index (κ2) is 5.88. The third kappa shape index (κ3) is 2.84. The van der Waals surface area contributed by atoms with E-state index in [1.807, 2.05) is 61.7 Å². The summed E-state index contributed by atoms with van der Waals surface area (Å²) < 4.78 is 1.94. The molecule has 0 aliphatic rings. The normalized spacial score (nSPS) is 11.2. The highest BCUT2D eigenvalue weighted by Crippen LogP contribution is 2.31. The molecule has 2 heterocycles. The summed E-state index contributed by atoms with van der Waals surface area (Å²) >= 11 is 0. The van der Waals surface area contributed by atoms with Crippen molar-refractivity contribution in [3.63, 3.8) is 0 Å². The Morgan fingerprint density at radius 2 is 1.91 bits per heavy atom. The van der Waals surface area contributed by atoms with Gasteiger partial charge >= 0.3 is 0 Å². The van der Waals surface area contributed by atoms with Gasteiger partial charge < -0.3 is 5.32 Å². The Balaban J connectivity index is 2.23. The minimum atomic E-state index is -0.0873. The number of aryl methyl sites for hydroxylation is 2. The molecule has 1 N–H and O–H groups in total. The van der Waals surface area contributed by atoms with Gasteiger partial charge in [-0.3, -0.25) is 9.20 Å². The van der Waals surface area contributed by atoms with E-state index in [1.54, 1.807) is 0 Å². The van der Waals surface area contributed by atoms with Crippen molar-refractivity contribution in [2.24, 2.45) is 5.92 Å². The van der Waals surface area contributed by atoms with Crippen molar-refractivity contribution in [1.29, 1.82) is 0 Å². The number of rotatable bonds is 3. The quantitative estimate of drug-likeness (QED) is 0.787. The van der Waals surface area contributed by atoms with Crippen LogP contribution in [-0.2, 0) is 4.79 Å². The van der Waals surface area contributed by atoms with Gasteiger partial charge in [0, 0.05) is 17.7 Å². The number of anilines is 1. The number of benzene rings is 1. The highest BCUT2D eigenvalue weighted by Gasteiger charge is 2.18. The van der Waals surface area contributed by atoms with Crippen LogP contribution in [0, 0.1) is 19.8 Å². The zero-order valence-electron chi connectivity index (χ0n) is 13.9. The number of hydrogen-bond donors (Lipinski definition) is 1. The monoisotopic (exact) mass is 307 g/mol. The minimum absolute atomic E-state index is 0.0118. The molecule has 2 aromatic heterocycles. The molecule has 4 heteroatoms. The Labute approximate surface area is 136 Å². The molecule has 0 fully saturated rings. The molecule has 0 saturated carbocycles. The van der Waals surface area contributed by atoms with Crippen molar-refractivity contribution < 1.29 is 4.79 Å². The van der Waals surface area contributed by atoms with Gasteiger partial charge in [-0.25, -0.2) is 4.98 Å². The third-order valence-electron chi connectivity index (χ3n) is 3.95. The smallest absolute Gasteiger partial charge is 0.228 e. The zero-order chi connectivity index (χ0) is 16.6. The van der Waals surface area contributed by atoms with E-state index in [-0.39, 0.29) is 11.8 Å². The predicted molar refractivity (Wildman–Crippen MR) is 93.6 cm³/mol. The molecule has 0 saturated heterocycles. The molecule has 0 radical (unpaired) electrons. The van der Waals surface area contributed by atoms with Gasteiger partial charge in [0.2, 0.25) is 5.91 Å². The Morgan fingerprint density at radius 3 is 2.61 bits per heavy atom. The standard InChI is InChI=1S/C19H21N3O/c1-12(2)19(23)21-18-17(15-8-6-5-7-14(15)4)20-16-11-13(3)9-10-22(16)18/h5-12H,1-4H3,(H,21,23). The fourth-order valence-corrected chi connectivity index (χ4v) is 2.55. The van der Waals surface area contributed by atoms with Gasteiger partial charge in [0.05, 0.1) is 0 Å². The lowest BCUT2D eigenvalue weighted by Gasteiger charge is -2.11. The molecule has 0 atom stereocenters. The van der Waals surface area contributed by atoms with Gasteiger partial charge in [0.1, 0.15) is 17.2 Å². The SMILES string of the molecule is Cc1ccn2c(NC(=O)C(C)C)c(-c3ccccc3C)nc2c1. The van der Waals surface area contributed by atoms with Crippen molar-refractivity contribution in [2.75, 3.05) is 5.32 Å². The van der Waals surface area contributed by atoms with Crippen LogP contribution >= 0.6 is 0 Å². The second-order valence-electron chi connectivity index (χ2n) is 6.20. The molecular weight excluding hydrogens is 286 g/mol. The number of carbonyl (C=O) groups excluding carboxylic acids is 1. The van der Waals surface area contributed by atoms with E-state index in [1.165, 1.54) is 0 Å². The molecule has 23 heavy (non-hydrogen) atoms. The first-order valence-electron chi connectivity index (χ1n) is 7.83. The number of hydrogen-bond acceptors (Lipinski definition) is 2. The van der Waals surface area contributed by atoms with Crippen molar-refractivity contribution in [3.8, 4) is 11.3 Å². The number of nitrogens with one attached hydrogen (secondary N) is 1. The van der Waals surface area contributed by atoms with Gasteiger partial charge in [-0.05, 0) is 37.1 Å². The number of imidazole rings is 1. The number of carbonyl (C=O) groups is 1. The molecule has 0 bridgehead atoms. The van der Waals surface area contributed by atoms with Crippen LogP contribution in [0.4, 0.5) is 5.82 Å². The highest BCUT2D eigenvalue weighted by molar-refractivity contribution is 5.95. The van der Waals surface area contributed by atoms with Crippen molar-refractivity contribution >= 4 is 17.4 Å². The first kappa shape index (κ1) is 15.3.